The summed E-state index contributed by atoms with van der Waals surface area (Å²) in [5.41, 5.74) is 7.97. The number of nitrogens with two attached hydrogens (primary N) is 1. The molecule has 6 N–H and O–H groups in total. The second-order valence-electron chi connectivity index (χ2n) is 7.21. The molecule has 4 rings (SSSR count). The second-order valence-corrected chi connectivity index (χ2v) is 7.21. The van der Waals surface area contributed by atoms with Crippen LogP contribution in [0.25, 0.3) is 11.3 Å². The van der Waals surface area contributed by atoms with E-state index in [1.54, 1.807) is 54.9 Å². The molecule has 4 aromatic rings. The third-order valence-electron chi connectivity index (χ3n) is 4.80. The van der Waals surface area contributed by atoms with E-state index in [9.17, 15) is 14.0 Å². The number of H-pyrrole nitrogens is 1. The minimum absolute atomic E-state index is 0.0341. The number of carbonyl (C=O) groups is 2. The number of rotatable bonds is 7. The molecular formula is C24H20FN5O4. The first-order valence-electron chi connectivity index (χ1n) is 10.1. The smallest absolute Gasteiger partial charge is 0.352 e. The van der Waals surface area contributed by atoms with Crippen molar-refractivity contribution in [2.75, 3.05) is 10.6 Å². The molecule has 0 saturated carbocycles. The second kappa shape index (κ2) is 9.84. The number of hydrogen-bond donors (Lipinski definition) is 5. The maximum atomic E-state index is 13.9. The van der Waals surface area contributed by atoms with Crippen LogP contribution in [0.1, 0.15) is 16.1 Å². The van der Waals surface area contributed by atoms with Crippen molar-refractivity contribution in [3.63, 3.8) is 0 Å². The van der Waals surface area contributed by atoms with Gasteiger partial charge in [0.05, 0.1) is 11.4 Å². The van der Waals surface area contributed by atoms with Crippen molar-refractivity contribution in [2.45, 2.75) is 6.54 Å². The number of benzene rings is 2. The number of carboxylic acid groups (broad SMARTS) is 1. The van der Waals surface area contributed by atoms with Crippen LogP contribution in [0.15, 0.2) is 73.1 Å². The van der Waals surface area contributed by atoms with Crippen molar-refractivity contribution >= 4 is 23.4 Å². The van der Waals surface area contributed by atoms with E-state index in [0.29, 0.717) is 34.0 Å². The number of urea groups is 1. The number of aromatic carboxylic acids is 1. The first kappa shape index (κ1) is 22.5. The standard InChI is InChI=1S/C24H20FN5O4/c25-19-6-1-14(12-26)9-21(19)30-24(33)29-16-2-4-17(5-3-16)34-18-7-8-27-20(11-18)15-10-22(23(31)32)28-13-15/h1-11,13,28H,12,26H2,(H,31,32)(H2,29,30,33). The van der Waals surface area contributed by atoms with Gasteiger partial charge in [-0.1, -0.05) is 6.07 Å². The highest BCUT2D eigenvalue weighted by Crippen LogP contribution is 2.27. The van der Waals surface area contributed by atoms with Gasteiger partial charge < -0.3 is 31.2 Å². The summed E-state index contributed by atoms with van der Waals surface area (Å²) >= 11 is 0. The van der Waals surface area contributed by atoms with E-state index in [0.717, 1.165) is 0 Å². The van der Waals surface area contributed by atoms with Gasteiger partial charge in [-0.15, -0.1) is 0 Å². The number of halogens is 1. The Morgan fingerprint density at radius 3 is 2.53 bits per heavy atom. The van der Waals surface area contributed by atoms with E-state index in [4.69, 9.17) is 15.6 Å². The number of nitrogens with one attached hydrogen (secondary N) is 3. The summed E-state index contributed by atoms with van der Waals surface area (Å²) in [5.74, 6) is -0.622. The van der Waals surface area contributed by atoms with E-state index in [1.165, 1.54) is 18.2 Å². The van der Waals surface area contributed by atoms with Gasteiger partial charge in [-0.2, -0.15) is 0 Å². The first-order valence-corrected chi connectivity index (χ1v) is 10.1. The fourth-order valence-electron chi connectivity index (χ4n) is 3.12. The van der Waals surface area contributed by atoms with Gasteiger partial charge in [0.2, 0.25) is 0 Å². The van der Waals surface area contributed by atoms with Crippen molar-refractivity contribution in [3.05, 3.63) is 90.1 Å². The number of amides is 2. The van der Waals surface area contributed by atoms with Crippen LogP contribution in [-0.4, -0.2) is 27.1 Å². The highest BCUT2D eigenvalue weighted by Gasteiger charge is 2.11. The predicted octanol–water partition coefficient (Wildman–Crippen LogP) is 4.81. The third kappa shape index (κ3) is 5.37. The van der Waals surface area contributed by atoms with Crippen LogP contribution in [-0.2, 0) is 6.54 Å². The molecule has 2 amide bonds. The Labute approximate surface area is 193 Å². The van der Waals surface area contributed by atoms with Gasteiger partial charge in [-0.05, 0) is 54.1 Å². The number of carbonyl (C=O) groups excluding carboxylic acids is 1. The summed E-state index contributed by atoms with van der Waals surface area (Å²) < 4.78 is 19.7. The average molecular weight is 461 g/mol. The Morgan fingerprint density at radius 1 is 1.03 bits per heavy atom. The van der Waals surface area contributed by atoms with Crippen molar-refractivity contribution < 1.29 is 23.8 Å². The molecule has 2 heterocycles. The molecule has 0 aliphatic carbocycles. The highest BCUT2D eigenvalue weighted by molar-refractivity contribution is 5.99. The van der Waals surface area contributed by atoms with Crippen LogP contribution in [0.4, 0.5) is 20.6 Å². The topological polar surface area (TPSA) is 142 Å². The maximum Gasteiger partial charge on any atom is 0.352 e. The Balaban J connectivity index is 1.39. The van der Waals surface area contributed by atoms with E-state index in [1.807, 2.05) is 0 Å². The molecule has 2 aromatic heterocycles. The van der Waals surface area contributed by atoms with Crippen molar-refractivity contribution in [1.82, 2.24) is 9.97 Å². The quantitative estimate of drug-likeness (QED) is 0.267. The van der Waals surface area contributed by atoms with Crippen LogP contribution in [0, 0.1) is 5.82 Å². The molecule has 0 unspecified atom stereocenters. The number of aromatic nitrogens is 2. The van der Waals surface area contributed by atoms with E-state index in [-0.39, 0.29) is 17.9 Å². The van der Waals surface area contributed by atoms with Gasteiger partial charge >= 0.3 is 12.0 Å². The van der Waals surface area contributed by atoms with Gasteiger partial charge in [0.25, 0.3) is 0 Å². The van der Waals surface area contributed by atoms with Gasteiger partial charge in [0, 0.05) is 36.3 Å². The first-order chi connectivity index (χ1) is 16.4. The van der Waals surface area contributed by atoms with Crippen LogP contribution in [0.5, 0.6) is 11.5 Å². The number of ether oxygens (including phenoxy) is 1. The molecule has 0 aliphatic heterocycles. The van der Waals surface area contributed by atoms with Gasteiger partial charge in [0.15, 0.2) is 0 Å². The molecular weight excluding hydrogens is 441 g/mol. The molecule has 0 aliphatic rings. The van der Waals surface area contributed by atoms with Crippen LogP contribution >= 0.6 is 0 Å². The van der Waals surface area contributed by atoms with E-state index < -0.39 is 17.8 Å². The molecule has 0 spiro atoms. The lowest BCUT2D eigenvalue weighted by Gasteiger charge is -2.11. The fourth-order valence-corrected chi connectivity index (χ4v) is 3.12. The summed E-state index contributed by atoms with van der Waals surface area (Å²) in [6, 6.07) is 15.1. The zero-order chi connectivity index (χ0) is 24.1. The van der Waals surface area contributed by atoms with Gasteiger partial charge in [0.1, 0.15) is 23.0 Å². The number of hydrogen-bond acceptors (Lipinski definition) is 5. The van der Waals surface area contributed by atoms with Crippen molar-refractivity contribution in [2.24, 2.45) is 5.73 Å². The Kier molecular flexibility index (Phi) is 6.51. The summed E-state index contributed by atoms with van der Waals surface area (Å²) in [6.45, 7) is 0.228. The number of carboxylic acids is 1. The Bertz CT molecular complexity index is 1340. The number of aromatic amines is 1. The molecule has 9 nitrogen and oxygen atoms in total. The van der Waals surface area contributed by atoms with Crippen LogP contribution in [0.2, 0.25) is 0 Å². The van der Waals surface area contributed by atoms with Gasteiger partial charge in [-0.3, -0.25) is 4.98 Å². The lowest BCUT2D eigenvalue weighted by molar-refractivity contribution is 0.0691. The summed E-state index contributed by atoms with van der Waals surface area (Å²) in [6.07, 6.45) is 3.11. The molecule has 2 aromatic carbocycles. The minimum Gasteiger partial charge on any atom is -0.477 e. The number of pyridine rings is 1. The molecule has 0 atom stereocenters. The summed E-state index contributed by atoms with van der Waals surface area (Å²) in [5, 5.41) is 14.1. The monoisotopic (exact) mass is 461 g/mol. The molecule has 10 heteroatoms. The summed E-state index contributed by atoms with van der Waals surface area (Å²) in [4.78, 5) is 30.2. The van der Waals surface area contributed by atoms with Crippen LogP contribution < -0.4 is 21.1 Å². The summed E-state index contributed by atoms with van der Waals surface area (Å²) in [7, 11) is 0. The highest BCUT2D eigenvalue weighted by atomic mass is 19.1. The van der Waals surface area contributed by atoms with Crippen LogP contribution in [0.3, 0.4) is 0 Å². The fraction of sp³-hybridized carbons (Fsp3) is 0.0417. The largest absolute Gasteiger partial charge is 0.477 e. The van der Waals surface area contributed by atoms with Crippen molar-refractivity contribution in [1.29, 1.82) is 0 Å². The molecule has 34 heavy (non-hydrogen) atoms. The van der Waals surface area contributed by atoms with Gasteiger partial charge in [-0.25, -0.2) is 14.0 Å². The Morgan fingerprint density at radius 2 is 1.82 bits per heavy atom. The maximum absolute atomic E-state index is 13.9. The van der Waals surface area contributed by atoms with E-state index >= 15 is 0 Å². The zero-order valence-corrected chi connectivity index (χ0v) is 17.7. The molecule has 0 bridgehead atoms. The van der Waals surface area contributed by atoms with Crippen molar-refractivity contribution in [3.8, 4) is 22.8 Å². The lowest BCUT2D eigenvalue weighted by atomic mass is 10.2. The SMILES string of the molecule is NCc1ccc(F)c(NC(=O)Nc2ccc(Oc3ccnc(-c4c[nH]c(C(=O)O)c4)c3)cc2)c1. The number of anilines is 2. The number of nitrogens with zero attached hydrogens (tertiary/aromatic N) is 1. The van der Waals surface area contributed by atoms with E-state index in [2.05, 4.69) is 20.6 Å². The normalized spacial score (nSPS) is 10.5. The molecule has 0 fully saturated rings. The predicted molar refractivity (Wildman–Crippen MR) is 124 cm³/mol. The minimum atomic E-state index is -1.06. The third-order valence-corrected chi connectivity index (χ3v) is 4.80. The molecule has 0 radical (unpaired) electrons. The zero-order valence-electron chi connectivity index (χ0n) is 17.7. The average Bonchev–Trinajstić information content (AvgIpc) is 3.33. The molecule has 172 valence electrons. The Hall–Kier alpha value is -4.70. The molecule has 0 saturated heterocycles. The lowest BCUT2D eigenvalue weighted by Crippen LogP contribution is -2.20.